The van der Waals surface area contributed by atoms with Crippen LogP contribution in [0.15, 0.2) is 29.2 Å². The van der Waals surface area contributed by atoms with Crippen molar-refractivity contribution in [2.24, 2.45) is 0 Å². The summed E-state index contributed by atoms with van der Waals surface area (Å²) >= 11 is 1.43. The van der Waals surface area contributed by atoms with Gasteiger partial charge in [0.1, 0.15) is 16.3 Å². The number of rotatable bonds is 0. The quantitative estimate of drug-likeness (QED) is 0.745. The van der Waals surface area contributed by atoms with Crippen LogP contribution in [0.2, 0.25) is 0 Å². The fourth-order valence-electron chi connectivity index (χ4n) is 3.39. The number of carbonyl (C=O) groups is 2. The van der Waals surface area contributed by atoms with Crippen LogP contribution < -0.4 is 0 Å². The minimum atomic E-state index is -0.454. The average molecular weight is 316 g/mol. The van der Waals surface area contributed by atoms with Crippen LogP contribution in [0.25, 0.3) is 5.76 Å². The van der Waals surface area contributed by atoms with Gasteiger partial charge in [0, 0.05) is 16.9 Å². The number of aliphatic hydroxyl groups excluding tert-OH is 1. The van der Waals surface area contributed by atoms with Gasteiger partial charge in [-0.25, -0.2) is 0 Å². The number of carbonyl (C=O) groups excluding carboxylic acids is 2. The fourth-order valence-corrected chi connectivity index (χ4v) is 4.65. The number of ether oxygens (including phenoxy) is 1. The van der Waals surface area contributed by atoms with Crippen LogP contribution in [0.1, 0.15) is 41.6 Å². The molecule has 22 heavy (non-hydrogen) atoms. The third-order valence-corrected chi connectivity index (χ3v) is 6.03. The summed E-state index contributed by atoms with van der Waals surface area (Å²) in [5, 5.41) is 9.72. The summed E-state index contributed by atoms with van der Waals surface area (Å²) in [5.41, 5.74) is 0.829. The molecule has 0 saturated heterocycles. The summed E-state index contributed by atoms with van der Waals surface area (Å²) in [6.45, 7) is 0. The number of Topliss-reactive ketones (excluding diaryl/α,β-unsaturated/α-hetero) is 2. The zero-order valence-electron chi connectivity index (χ0n) is 12.0. The van der Waals surface area contributed by atoms with Crippen LogP contribution in [-0.4, -0.2) is 34.1 Å². The largest absolute Gasteiger partial charge is 0.484 e. The van der Waals surface area contributed by atoms with E-state index in [1.54, 1.807) is 12.1 Å². The standard InChI is InChI=1S/C17H16O4S/c18-10-5-7-17(8-6-10)9-22-16-14(20)13(19)11-3-1-2-4-12(11)15(16)21-17/h1-4,10,18H,5-9H2. The van der Waals surface area contributed by atoms with Gasteiger partial charge in [0.2, 0.25) is 11.6 Å². The molecule has 5 heteroatoms. The second-order valence-corrected chi connectivity index (χ2v) is 7.15. The molecule has 1 aliphatic heterocycles. The van der Waals surface area contributed by atoms with Crippen LogP contribution >= 0.6 is 11.8 Å². The van der Waals surface area contributed by atoms with Crippen LogP contribution in [0.3, 0.4) is 0 Å². The van der Waals surface area contributed by atoms with E-state index >= 15 is 0 Å². The molecule has 2 aliphatic carbocycles. The molecule has 0 atom stereocenters. The van der Waals surface area contributed by atoms with Gasteiger partial charge in [-0.15, -0.1) is 11.8 Å². The average Bonchev–Trinajstić information content (AvgIpc) is 2.56. The van der Waals surface area contributed by atoms with Crippen LogP contribution in [0.5, 0.6) is 0 Å². The van der Waals surface area contributed by atoms with Gasteiger partial charge in [-0.05, 0) is 25.7 Å². The molecular formula is C17H16O4S. The van der Waals surface area contributed by atoms with Gasteiger partial charge in [0.25, 0.3) is 0 Å². The van der Waals surface area contributed by atoms with Crippen LogP contribution in [0, 0.1) is 0 Å². The molecule has 0 radical (unpaired) electrons. The Bertz CT molecular complexity index is 698. The molecule has 3 aliphatic rings. The van der Waals surface area contributed by atoms with Gasteiger partial charge >= 0.3 is 0 Å². The summed E-state index contributed by atoms with van der Waals surface area (Å²) in [7, 11) is 0. The molecule has 114 valence electrons. The lowest BCUT2D eigenvalue weighted by molar-refractivity contribution is -0.111. The van der Waals surface area contributed by atoms with Crippen molar-refractivity contribution in [1.82, 2.24) is 0 Å². The SMILES string of the molecule is O=C1C(=O)c2ccccc2C2=C1SCC1(CCC(O)CC1)O2. The first kappa shape index (κ1) is 14.0. The van der Waals surface area contributed by atoms with E-state index in [0.717, 1.165) is 31.2 Å². The Labute approximate surface area is 132 Å². The Morgan fingerprint density at radius 1 is 1.09 bits per heavy atom. The van der Waals surface area contributed by atoms with Gasteiger partial charge < -0.3 is 9.84 Å². The lowest BCUT2D eigenvalue weighted by Crippen LogP contribution is -2.44. The molecule has 1 N–H and O–H groups in total. The Hall–Kier alpha value is -1.59. The minimum absolute atomic E-state index is 0.253. The highest BCUT2D eigenvalue weighted by atomic mass is 32.2. The summed E-state index contributed by atoms with van der Waals surface area (Å²) < 4.78 is 6.29. The first-order valence-corrected chi connectivity index (χ1v) is 8.51. The number of ketones is 2. The maximum absolute atomic E-state index is 12.3. The lowest BCUT2D eigenvalue weighted by atomic mass is 9.83. The van der Waals surface area contributed by atoms with E-state index in [0.29, 0.717) is 22.0 Å². The van der Waals surface area contributed by atoms with E-state index in [4.69, 9.17) is 4.74 Å². The van der Waals surface area contributed by atoms with Crippen molar-refractivity contribution >= 4 is 29.1 Å². The van der Waals surface area contributed by atoms with E-state index in [1.807, 2.05) is 12.1 Å². The number of aliphatic hydroxyl groups is 1. The number of allylic oxidation sites excluding steroid dienone is 1. The Balaban J connectivity index is 1.76. The third-order valence-electron chi connectivity index (χ3n) is 4.70. The number of fused-ring (bicyclic) bond motifs is 2. The highest BCUT2D eigenvalue weighted by Gasteiger charge is 2.45. The maximum Gasteiger partial charge on any atom is 0.243 e. The summed E-state index contributed by atoms with van der Waals surface area (Å²) in [6.07, 6.45) is 2.75. The first-order chi connectivity index (χ1) is 10.6. The monoisotopic (exact) mass is 316 g/mol. The predicted octanol–water partition coefficient (Wildman–Crippen LogP) is 2.56. The Kier molecular flexibility index (Phi) is 3.16. The normalized spacial score (nSPS) is 30.9. The molecule has 1 saturated carbocycles. The number of thioether (sulfide) groups is 1. The van der Waals surface area contributed by atoms with Gasteiger partial charge in [0.15, 0.2) is 0 Å². The molecule has 0 amide bonds. The minimum Gasteiger partial charge on any atom is -0.484 e. The molecule has 1 fully saturated rings. The van der Waals surface area contributed by atoms with Crippen molar-refractivity contribution in [2.45, 2.75) is 37.4 Å². The van der Waals surface area contributed by atoms with Gasteiger partial charge in [-0.3, -0.25) is 9.59 Å². The maximum atomic E-state index is 12.3. The third kappa shape index (κ3) is 2.03. The molecular weight excluding hydrogens is 300 g/mol. The van der Waals surface area contributed by atoms with Crippen molar-refractivity contribution in [3.63, 3.8) is 0 Å². The second kappa shape index (κ2) is 4.96. The zero-order chi connectivity index (χ0) is 15.3. The van der Waals surface area contributed by atoms with Gasteiger partial charge in [-0.1, -0.05) is 24.3 Å². The molecule has 0 aromatic heterocycles. The van der Waals surface area contributed by atoms with Crippen molar-refractivity contribution in [3.05, 3.63) is 40.3 Å². The van der Waals surface area contributed by atoms with Crippen molar-refractivity contribution in [1.29, 1.82) is 0 Å². The first-order valence-electron chi connectivity index (χ1n) is 7.52. The second-order valence-electron chi connectivity index (χ2n) is 6.17. The lowest BCUT2D eigenvalue weighted by Gasteiger charge is -2.43. The van der Waals surface area contributed by atoms with E-state index in [2.05, 4.69) is 0 Å². The zero-order valence-corrected chi connectivity index (χ0v) is 12.8. The van der Waals surface area contributed by atoms with Gasteiger partial charge in [-0.2, -0.15) is 0 Å². The number of benzene rings is 1. The molecule has 1 spiro atoms. The fraction of sp³-hybridized carbons (Fsp3) is 0.412. The summed E-state index contributed by atoms with van der Waals surface area (Å²) in [5.74, 6) is 0.331. The molecule has 1 heterocycles. The molecule has 4 nitrogen and oxygen atoms in total. The smallest absolute Gasteiger partial charge is 0.243 e. The van der Waals surface area contributed by atoms with Crippen molar-refractivity contribution in [2.75, 3.05) is 5.75 Å². The van der Waals surface area contributed by atoms with Crippen molar-refractivity contribution in [3.8, 4) is 0 Å². The highest BCUT2D eigenvalue weighted by molar-refractivity contribution is 8.04. The molecule has 4 rings (SSSR count). The van der Waals surface area contributed by atoms with Gasteiger partial charge in [0.05, 0.1) is 6.10 Å². The van der Waals surface area contributed by atoms with E-state index < -0.39 is 11.6 Å². The molecule has 0 bridgehead atoms. The van der Waals surface area contributed by atoms with E-state index in [9.17, 15) is 14.7 Å². The molecule has 1 aromatic rings. The number of hydrogen-bond donors (Lipinski definition) is 1. The summed E-state index contributed by atoms with van der Waals surface area (Å²) in [4.78, 5) is 24.9. The topological polar surface area (TPSA) is 63.6 Å². The van der Waals surface area contributed by atoms with Crippen molar-refractivity contribution < 1.29 is 19.4 Å². The Morgan fingerprint density at radius 2 is 1.77 bits per heavy atom. The molecule has 0 unspecified atom stereocenters. The predicted molar refractivity (Wildman–Crippen MR) is 83.4 cm³/mol. The number of hydrogen-bond acceptors (Lipinski definition) is 5. The highest BCUT2D eigenvalue weighted by Crippen LogP contribution is 2.48. The molecule has 1 aromatic carbocycles. The summed E-state index contributed by atoms with van der Waals surface area (Å²) in [6, 6.07) is 7.14. The van der Waals surface area contributed by atoms with E-state index in [1.165, 1.54) is 11.8 Å². The van der Waals surface area contributed by atoms with Crippen LogP contribution in [-0.2, 0) is 9.53 Å². The van der Waals surface area contributed by atoms with E-state index in [-0.39, 0.29) is 11.7 Å². The van der Waals surface area contributed by atoms with Crippen LogP contribution in [0.4, 0.5) is 0 Å². The Morgan fingerprint density at radius 3 is 2.50 bits per heavy atom.